The number of rotatable bonds is 1. The van der Waals surface area contributed by atoms with Gasteiger partial charge in [-0.2, -0.15) is 0 Å². The molecule has 1 aliphatic rings. The molecular weight excluding hydrogens is 194 g/mol. The highest BCUT2D eigenvalue weighted by atomic mass is 14.7. The molecule has 0 unspecified atom stereocenters. The lowest BCUT2D eigenvalue weighted by molar-refractivity contribution is 1.25. The Balaban J connectivity index is 2.27. The lowest BCUT2D eigenvalue weighted by Crippen LogP contribution is -1.89. The van der Waals surface area contributed by atoms with Crippen LogP contribution in [0.4, 0.5) is 0 Å². The summed E-state index contributed by atoms with van der Waals surface area (Å²) in [6.07, 6.45) is 7.50. The molecule has 0 amide bonds. The first-order valence-corrected chi connectivity index (χ1v) is 5.57. The summed E-state index contributed by atoms with van der Waals surface area (Å²) in [5.74, 6) is 0. The summed E-state index contributed by atoms with van der Waals surface area (Å²) in [5, 5.41) is 1.22. The van der Waals surface area contributed by atoms with Gasteiger partial charge in [0.05, 0.1) is 5.52 Å². The minimum atomic E-state index is 1.02. The molecule has 0 bridgehead atoms. The number of allylic oxidation sites excluding steroid dienone is 4. The van der Waals surface area contributed by atoms with Gasteiger partial charge in [0.1, 0.15) is 0 Å². The highest BCUT2D eigenvalue weighted by molar-refractivity contribution is 5.92. The van der Waals surface area contributed by atoms with E-state index in [0.29, 0.717) is 0 Å². The number of aromatic nitrogens is 1. The molecule has 1 aromatic heterocycles. The largest absolute Gasteiger partial charge is 0.252 e. The van der Waals surface area contributed by atoms with E-state index in [-0.39, 0.29) is 0 Å². The number of pyridine rings is 1. The Bertz CT molecular complexity index is 606. The second kappa shape index (κ2) is 3.60. The van der Waals surface area contributed by atoms with Gasteiger partial charge in [-0.05, 0) is 25.0 Å². The first kappa shape index (κ1) is 9.34. The molecule has 2 aromatic rings. The van der Waals surface area contributed by atoms with Gasteiger partial charge < -0.3 is 0 Å². The first-order chi connectivity index (χ1) is 7.84. The molecule has 0 fully saturated rings. The summed E-state index contributed by atoms with van der Waals surface area (Å²) in [6, 6.07) is 10.6. The van der Waals surface area contributed by atoms with Crippen LogP contribution in [0.5, 0.6) is 0 Å². The van der Waals surface area contributed by atoms with Crippen LogP contribution >= 0.6 is 0 Å². The third-order valence-corrected chi connectivity index (χ3v) is 2.98. The standard InChI is InChI=1S/C15H13N/c1-11-9-10-13-7-4-8-14(15(13)16-11)12-5-2-3-6-12/h2-5,7-10H,6H2,1H3. The fraction of sp³-hybridized carbons (Fsp3) is 0.133. The zero-order valence-electron chi connectivity index (χ0n) is 9.27. The Hall–Kier alpha value is -1.89. The summed E-state index contributed by atoms with van der Waals surface area (Å²) in [5.41, 5.74) is 4.83. The average Bonchev–Trinajstić information content (AvgIpc) is 2.81. The second-order valence-corrected chi connectivity index (χ2v) is 4.15. The van der Waals surface area contributed by atoms with Crippen molar-refractivity contribution in [1.82, 2.24) is 4.98 Å². The van der Waals surface area contributed by atoms with Crippen molar-refractivity contribution >= 4 is 16.5 Å². The van der Waals surface area contributed by atoms with E-state index >= 15 is 0 Å². The smallest absolute Gasteiger partial charge is 0.0780 e. The van der Waals surface area contributed by atoms with Crippen molar-refractivity contribution in [2.45, 2.75) is 13.3 Å². The van der Waals surface area contributed by atoms with Crippen LogP contribution in [0.1, 0.15) is 17.7 Å². The molecule has 78 valence electrons. The Morgan fingerprint density at radius 2 is 2.06 bits per heavy atom. The van der Waals surface area contributed by atoms with Crippen molar-refractivity contribution in [3.05, 3.63) is 59.8 Å². The first-order valence-electron chi connectivity index (χ1n) is 5.57. The third-order valence-electron chi connectivity index (χ3n) is 2.98. The maximum Gasteiger partial charge on any atom is 0.0780 e. The number of benzene rings is 1. The van der Waals surface area contributed by atoms with Crippen molar-refractivity contribution < 1.29 is 0 Å². The topological polar surface area (TPSA) is 12.9 Å². The van der Waals surface area contributed by atoms with Crippen LogP contribution in [-0.4, -0.2) is 4.98 Å². The number of para-hydroxylation sites is 1. The normalized spacial score (nSPS) is 14.4. The van der Waals surface area contributed by atoms with Gasteiger partial charge in [0.15, 0.2) is 0 Å². The monoisotopic (exact) mass is 207 g/mol. The van der Waals surface area contributed by atoms with Crippen LogP contribution in [0.3, 0.4) is 0 Å². The van der Waals surface area contributed by atoms with Gasteiger partial charge in [0.25, 0.3) is 0 Å². The fourth-order valence-corrected chi connectivity index (χ4v) is 2.15. The van der Waals surface area contributed by atoms with Gasteiger partial charge in [-0.15, -0.1) is 0 Å². The quantitative estimate of drug-likeness (QED) is 0.691. The number of hydrogen-bond acceptors (Lipinski definition) is 1. The summed E-state index contributed by atoms with van der Waals surface area (Å²) in [7, 11) is 0. The van der Waals surface area contributed by atoms with Gasteiger partial charge in [-0.25, -0.2) is 0 Å². The van der Waals surface area contributed by atoms with Crippen LogP contribution in [0.25, 0.3) is 16.5 Å². The van der Waals surface area contributed by atoms with Crippen LogP contribution < -0.4 is 0 Å². The zero-order chi connectivity index (χ0) is 11.0. The fourth-order valence-electron chi connectivity index (χ4n) is 2.15. The van der Waals surface area contributed by atoms with E-state index in [2.05, 4.69) is 53.5 Å². The van der Waals surface area contributed by atoms with Gasteiger partial charge >= 0.3 is 0 Å². The molecule has 1 aliphatic carbocycles. The van der Waals surface area contributed by atoms with E-state index in [9.17, 15) is 0 Å². The van der Waals surface area contributed by atoms with Gasteiger partial charge in [0, 0.05) is 16.6 Å². The molecular formula is C15H13N. The lowest BCUT2D eigenvalue weighted by Gasteiger charge is -2.07. The highest BCUT2D eigenvalue weighted by Crippen LogP contribution is 2.28. The third kappa shape index (κ3) is 1.45. The molecule has 0 saturated heterocycles. The molecule has 0 N–H and O–H groups in total. The number of nitrogens with zero attached hydrogens (tertiary/aromatic N) is 1. The zero-order valence-corrected chi connectivity index (χ0v) is 9.27. The van der Waals surface area contributed by atoms with Crippen molar-refractivity contribution in [1.29, 1.82) is 0 Å². The van der Waals surface area contributed by atoms with Gasteiger partial charge in [0.2, 0.25) is 0 Å². The highest BCUT2D eigenvalue weighted by Gasteiger charge is 2.08. The summed E-state index contributed by atoms with van der Waals surface area (Å²) in [6.45, 7) is 2.04. The number of aryl methyl sites for hydroxylation is 1. The molecule has 16 heavy (non-hydrogen) atoms. The van der Waals surface area contributed by atoms with Crippen LogP contribution in [0.15, 0.2) is 48.6 Å². The van der Waals surface area contributed by atoms with Crippen molar-refractivity contribution in [3.8, 4) is 0 Å². The van der Waals surface area contributed by atoms with E-state index in [1.807, 2.05) is 6.92 Å². The summed E-state index contributed by atoms with van der Waals surface area (Å²) < 4.78 is 0. The molecule has 0 saturated carbocycles. The maximum absolute atomic E-state index is 4.65. The lowest BCUT2D eigenvalue weighted by atomic mass is 10.0. The van der Waals surface area contributed by atoms with Crippen LogP contribution in [0.2, 0.25) is 0 Å². The molecule has 1 aromatic carbocycles. The molecule has 1 nitrogen and oxygen atoms in total. The van der Waals surface area contributed by atoms with Crippen LogP contribution in [-0.2, 0) is 0 Å². The Morgan fingerprint density at radius 3 is 2.88 bits per heavy atom. The molecule has 0 spiro atoms. The van der Waals surface area contributed by atoms with Crippen molar-refractivity contribution in [2.75, 3.05) is 0 Å². The van der Waals surface area contributed by atoms with Gasteiger partial charge in [-0.1, -0.05) is 42.5 Å². The molecule has 0 aliphatic heterocycles. The molecule has 0 atom stereocenters. The second-order valence-electron chi connectivity index (χ2n) is 4.15. The summed E-state index contributed by atoms with van der Waals surface area (Å²) in [4.78, 5) is 4.65. The Morgan fingerprint density at radius 1 is 1.12 bits per heavy atom. The minimum absolute atomic E-state index is 1.02. The Labute approximate surface area is 95.1 Å². The van der Waals surface area contributed by atoms with Crippen LogP contribution in [0, 0.1) is 6.92 Å². The van der Waals surface area contributed by atoms with E-state index in [0.717, 1.165) is 17.6 Å². The molecule has 1 heteroatoms. The average molecular weight is 207 g/mol. The molecule has 3 rings (SSSR count). The van der Waals surface area contributed by atoms with E-state index in [1.54, 1.807) is 0 Å². The van der Waals surface area contributed by atoms with E-state index < -0.39 is 0 Å². The minimum Gasteiger partial charge on any atom is -0.252 e. The molecule has 1 heterocycles. The van der Waals surface area contributed by atoms with Gasteiger partial charge in [-0.3, -0.25) is 4.98 Å². The van der Waals surface area contributed by atoms with Crippen molar-refractivity contribution in [2.24, 2.45) is 0 Å². The predicted octanol–water partition coefficient (Wildman–Crippen LogP) is 3.89. The molecule has 0 radical (unpaired) electrons. The Kier molecular flexibility index (Phi) is 2.10. The maximum atomic E-state index is 4.65. The van der Waals surface area contributed by atoms with E-state index in [1.165, 1.54) is 16.5 Å². The SMILES string of the molecule is Cc1ccc2cccc(C3=CC=CC3)c2n1. The predicted molar refractivity (Wildman–Crippen MR) is 68.2 cm³/mol. The number of hydrogen-bond donors (Lipinski definition) is 0. The summed E-state index contributed by atoms with van der Waals surface area (Å²) >= 11 is 0. The van der Waals surface area contributed by atoms with Crippen molar-refractivity contribution in [3.63, 3.8) is 0 Å². The number of fused-ring (bicyclic) bond motifs is 1. The van der Waals surface area contributed by atoms with E-state index in [4.69, 9.17) is 0 Å².